The van der Waals surface area contributed by atoms with Gasteiger partial charge in [0, 0.05) is 24.3 Å². The van der Waals surface area contributed by atoms with E-state index in [1.54, 1.807) is 12.4 Å². The summed E-state index contributed by atoms with van der Waals surface area (Å²) in [6.07, 6.45) is 3.44. The van der Waals surface area contributed by atoms with Crippen LogP contribution < -0.4 is 0 Å². The van der Waals surface area contributed by atoms with Crippen molar-refractivity contribution < 1.29 is 0 Å². The number of nitriles is 1. The van der Waals surface area contributed by atoms with Gasteiger partial charge in [-0.3, -0.25) is 4.68 Å². The summed E-state index contributed by atoms with van der Waals surface area (Å²) < 4.78 is 3.79. The van der Waals surface area contributed by atoms with E-state index in [0.29, 0.717) is 12.4 Å². The minimum absolute atomic E-state index is 0.412. The first-order valence-electron chi connectivity index (χ1n) is 6.19. The zero-order valence-electron chi connectivity index (χ0n) is 10.6. The van der Waals surface area contributed by atoms with Crippen molar-refractivity contribution in [2.24, 2.45) is 0 Å². The molecule has 0 saturated heterocycles. The Hall–Kier alpha value is -2.61. The Labute approximate surface area is 110 Å². The highest BCUT2D eigenvalue weighted by atomic mass is 15.3. The highest BCUT2D eigenvalue weighted by molar-refractivity contribution is 5.81. The molecule has 0 unspecified atom stereocenters. The maximum absolute atomic E-state index is 8.99. The van der Waals surface area contributed by atoms with Gasteiger partial charge in [0.1, 0.15) is 6.07 Å². The van der Waals surface area contributed by atoms with Crippen LogP contribution >= 0.6 is 0 Å². The van der Waals surface area contributed by atoms with E-state index in [1.807, 2.05) is 21.4 Å². The number of aromatic nitrogens is 4. The van der Waals surface area contributed by atoms with Crippen molar-refractivity contribution in [2.45, 2.75) is 20.0 Å². The lowest BCUT2D eigenvalue weighted by molar-refractivity contribution is 0.652. The minimum atomic E-state index is 0.412. The first-order valence-corrected chi connectivity index (χ1v) is 6.19. The third-order valence-corrected chi connectivity index (χ3v) is 3.17. The molecule has 19 heavy (non-hydrogen) atoms. The molecule has 3 rings (SSSR count). The van der Waals surface area contributed by atoms with E-state index in [0.717, 1.165) is 23.1 Å². The highest BCUT2D eigenvalue weighted by Crippen LogP contribution is 2.19. The van der Waals surface area contributed by atoms with Gasteiger partial charge >= 0.3 is 0 Å². The van der Waals surface area contributed by atoms with Crippen molar-refractivity contribution in [1.82, 2.24) is 19.3 Å². The molecule has 0 bridgehead atoms. The van der Waals surface area contributed by atoms with Crippen LogP contribution in [0.25, 0.3) is 10.9 Å². The SMILES string of the molecule is CCn1nc(Cn2ccnc2C#N)c2ccccc21. The van der Waals surface area contributed by atoms with Crippen LogP contribution in [0.2, 0.25) is 0 Å². The fourth-order valence-electron chi connectivity index (χ4n) is 2.27. The summed E-state index contributed by atoms with van der Waals surface area (Å²) >= 11 is 0. The van der Waals surface area contributed by atoms with Crippen molar-refractivity contribution in [1.29, 1.82) is 5.26 Å². The van der Waals surface area contributed by atoms with Gasteiger partial charge in [-0.25, -0.2) is 4.98 Å². The summed E-state index contributed by atoms with van der Waals surface area (Å²) in [6.45, 7) is 3.47. The third kappa shape index (κ3) is 1.87. The Morgan fingerprint density at radius 1 is 1.32 bits per heavy atom. The molecule has 0 aliphatic rings. The number of hydrogen-bond donors (Lipinski definition) is 0. The first-order chi connectivity index (χ1) is 9.33. The van der Waals surface area contributed by atoms with Gasteiger partial charge in [0.05, 0.1) is 17.8 Å². The molecule has 2 heterocycles. The van der Waals surface area contributed by atoms with E-state index in [9.17, 15) is 0 Å². The number of imidazole rings is 1. The van der Waals surface area contributed by atoms with E-state index in [1.165, 1.54) is 0 Å². The second kappa shape index (κ2) is 4.58. The fraction of sp³-hybridized carbons (Fsp3) is 0.214. The van der Waals surface area contributed by atoms with E-state index >= 15 is 0 Å². The molecule has 0 spiro atoms. The van der Waals surface area contributed by atoms with Crippen LogP contribution in [-0.2, 0) is 13.1 Å². The van der Waals surface area contributed by atoms with E-state index in [2.05, 4.69) is 35.2 Å². The lowest BCUT2D eigenvalue weighted by atomic mass is 10.2. The second-order valence-corrected chi connectivity index (χ2v) is 4.27. The van der Waals surface area contributed by atoms with Gasteiger partial charge in [0.25, 0.3) is 0 Å². The molecule has 5 nitrogen and oxygen atoms in total. The van der Waals surface area contributed by atoms with Crippen LogP contribution in [0.5, 0.6) is 0 Å². The van der Waals surface area contributed by atoms with Gasteiger partial charge in [-0.15, -0.1) is 0 Å². The van der Waals surface area contributed by atoms with E-state index in [4.69, 9.17) is 5.26 Å². The van der Waals surface area contributed by atoms with Crippen LogP contribution in [0, 0.1) is 11.3 Å². The van der Waals surface area contributed by atoms with Crippen molar-refractivity contribution in [3.05, 3.63) is 48.2 Å². The average Bonchev–Trinajstić information content (AvgIpc) is 3.04. The van der Waals surface area contributed by atoms with Crippen LogP contribution in [0.3, 0.4) is 0 Å². The van der Waals surface area contributed by atoms with Crippen LogP contribution in [0.1, 0.15) is 18.4 Å². The number of rotatable bonds is 3. The maximum Gasteiger partial charge on any atom is 0.213 e. The van der Waals surface area contributed by atoms with Gasteiger partial charge in [0.15, 0.2) is 0 Å². The molecule has 0 aliphatic heterocycles. The fourth-order valence-corrected chi connectivity index (χ4v) is 2.27. The molecule has 0 fully saturated rings. The smallest absolute Gasteiger partial charge is 0.213 e. The number of para-hydroxylation sites is 1. The summed E-state index contributed by atoms with van der Waals surface area (Å²) in [6, 6.07) is 10.2. The summed E-state index contributed by atoms with van der Waals surface area (Å²) in [7, 11) is 0. The quantitative estimate of drug-likeness (QED) is 0.716. The molecular weight excluding hydrogens is 238 g/mol. The standard InChI is InChI=1S/C14H13N5/c1-2-19-13-6-4-3-5-11(13)12(17-19)10-18-8-7-16-14(18)9-15/h3-8H,2,10H2,1H3. The Balaban J connectivity index is 2.09. The normalized spacial score (nSPS) is 10.7. The summed E-state index contributed by atoms with van der Waals surface area (Å²) in [5.41, 5.74) is 2.09. The predicted octanol–water partition coefficient (Wildman–Crippen LogP) is 2.17. The largest absolute Gasteiger partial charge is 0.317 e. The number of benzene rings is 1. The van der Waals surface area contributed by atoms with Crippen LogP contribution in [0.15, 0.2) is 36.7 Å². The topological polar surface area (TPSA) is 59.4 Å². The van der Waals surface area contributed by atoms with Gasteiger partial charge < -0.3 is 4.57 Å². The van der Waals surface area contributed by atoms with Crippen molar-refractivity contribution in [3.63, 3.8) is 0 Å². The van der Waals surface area contributed by atoms with E-state index in [-0.39, 0.29) is 0 Å². The summed E-state index contributed by atoms with van der Waals surface area (Å²) in [5.74, 6) is 0.412. The summed E-state index contributed by atoms with van der Waals surface area (Å²) in [4.78, 5) is 4.01. The van der Waals surface area contributed by atoms with Gasteiger partial charge in [0.2, 0.25) is 5.82 Å². The van der Waals surface area contributed by atoms with Crippen LogP contribution in [-0.4, -0.2) is 19.3 Å². The highest BCUT2D eigenvalue weighted by Gasteiger charge is 2.11. The molecule has 94 valence electrons. The lowest BCUT2D eigenvalue weighted by Crippen LogP contribution is -2.04. The Morgan fingerprint density at radius 2 is 2.16 bits per heavy atom. The number of nitrogens with zero attached hydrogens (tertiary/aromatic N) is 5. The van der Waals surface area contributed by atoms with Crippen LogP contribution in [0.4, 0.5) is 0 Å². The monoisotopic (exact) mass is 251 g/mol. The lowest BCUT2D eigenvalue weighted by Gasteiger charge is -2.00. The molecule has 0 aliphatic carbocycles. The molecule has 1 aromatic carbocycles. The molecule has 0 atom stereocenters. The molecule has 0 radical (unpaired) electrons. The molecule has 0 amide bonds. The second-order valence-electron chi connectivity index (χ2n) is 4.27. The molecule has 3 aromatic rings. The summed E-state index contributed by atoms with van der Waals surface area (Å²) in [5, 5.41) is 14.7. The maximum atomic E-state index is 8.99. The van der Waals surface area contributed by atoms with Crippen molar-refractivity contribution in [3.8, 4) is 6.07 Å². The van der Waals surface area contributed by atoms with Gasteiger partial charge in [-0.2, -0.15) is 10.4 Å². The molecule has 0 saturated carbocycles. The third-order valence-electron chi connectivity index (χ3n) is 3.17. The van der Waals surface area contributed by atoms with Gasteiger partial charge in [-0.05, 0) is 13.0 Å². The molecule has 5 heteroatoms. The number of fused-ring (bicyclic) bond motifs is 1. The number of aryl methyl sites for hydroxylation is 1. The molecule has 0 N–H and O–H groups in total. The zero-order chi connectivity index (χ0) is 13.2. The Kier molecular flexibility index (Phi) is 2.76. The number of hydrogen-bond acceptors (Lipinski definition) is 3. The minimum Gasteiger partial charge on any atom is -0.317 e. The molecule has 2 aromatic heterocycles. The predicted molar refractivity (Wildman–Crippen MR) is 71.5 cm³/mol. The van der Waals surface area contributed by atoms with E-state index < -0.39 is 0 Å². The van der Waals surface area contributed by atoms with Gasteiger partial charge in [-0.1, -0.05) is 18.2 Å². The Bertz CT molecular complexity index is 760. The zero-order valence-corrected chi connectivity index (χ0v) is 10.6. The Morgan fingerprint density at radius 3 is 2.95 bits per heavy atom. The average molecular weight is 251 g/mol. The van der Waals surface area contributed by atoms with Crippen molar-refractivity contribution in [2.75, 3.05) is 0 Å². The molecular formula is C14H13N5. The first kappa shape index (κ1) is 11.5. The van der Waals surface area contributed by atoms with Crippen molar-refractivity contribution >= 4 is 10.9 Å².